The van der Waals surface area contributed by atoms with E-state index in [4.69, 9.17) is 19.2 Å². The molecule has 9 heteroatoms. The number of hydrogen-bond donors (Lipinski definition) is 0. The van der Waals surface area contributed by atoms with Crippen LogP contribution in [0.1, 0.15) is 17.7 Å². The van der Waals surface area contributed by atoms with Crippen molar-refractivity contribution in [1.29, 1.82) is 0 Å². The summed E-state index contributed by atoms with van der Waals surface area (Å²) in [4.78, 5) is 23.0. The topological polar surface area (TPSA) is 68.5 Å². The number of hydrogen-bond acceptors (Lipinski definition) is 7. The maximum atomic E-state index is 13.0. The van der Waals surface area contributed by atoms with Gasteiger partial charge in [-0.15, -0.1) is 11.3 Å². The number of aromatic nitrogens is 2. The molecule has 0 bridgehead atoms. The number of aryl methyl sites for hydroxylation is 1. The molecule has 2 aromatic carbocycles. The van der Waals surface area contributed by atoms with E-state index in [-0.39, 0.29) is 5.91 Å². The predicted molar refractivity (Wildman–Crippen MR) is 138 cm³/mol. The molecule has 0 aliphatic carbocycles. The highest BCUT2D eigenvalue weighted by molar-refractivity contribution is 7.15. The number of ether oxygens (including phenoxy) is 3. The molecule has 8 nitrogen and oxygen atoms in total. The van der Waals surface area contributed by atoms with Crippen molar-refractivity contribution in [3.63, 3.8) is 0 Å². The second-order valence-corrected chi connectivity index (χ2v) is 9.92. The molecule has 0 spiro atoms. The standard InChI is InChI=1S/C27H28N4O4S/c1-33-22-6-3-20(4-7-22)23-16-31-21(17-36-27(31)28-23)5-9-26(32)30-12-10-29(11-13-30)15-19-2-8-24-25(14-19)35-18-34-24/h2-4,6-8,14,16-17H,5,9-13,15,18H2,1H3. The summed E-state index contributed by atoms with van der Waals surface area (Å²) in [6.07, 6.45) is 3.26. The summed E-state index contributed by atoms with van der Waals surface area (Å²) in [6.45, 7) is 4.40. The number of thiazole rings is 1. The molecule has 6 rings (SSSR count). The lowest BCUT2D eigenvalue weighted by molar-refractivity contribution is -0.133. The molecule has 0 radical (unpaired) electrons. The van der Waals surface area contributed by atoms with Crippen molar-refractivity contribution in [2.45, 2.75) is 19.4 Å². The van der Waals surface area contributed by atoms with Gasteiger partial charge >= 0.3 is 0 Å². The molecule has 1 fully saturated rings. The van der Waals surface area contributed by atoms with Gasteiger partial charge in [-0.25, -0.2) is 4.98 Å². The molecule has 0 N–H and O–H groups in total. The summed E-state index contributed by atoms with van der Waals surface area (Å²) in [5.74, 6) is 2.67. The Balaban J connectivity index is 1.02. The first kappa shape index (κ1) is 22.9. The number of rotatable bonds is 7. The summed E-state index contributed by atoms with van der Waals surface area (Å²) < 4.78 is 18.2. The molecule has 2 aliphatic rings. The molecular formula is C27H28N4O4S. The fourth-order valence-electron chi connectivity index (χ4n) is 4.76. The van der Waals surface area contributed by atoms with E-state index in [1.54, 1.807) is 18.4 Å². The van der Waals surface area contributed by atoms with Crippen LogP contribution in [0.5, 0.6) is 17.2 Å². The van der Waals surface area contributed by atoms with Gasteiger partial charge in [-0.1, -0.05) is 6.07 Å². The highest BCUT2D eigenvalue weighted by Crippen LogP contribution is 2.33. The second kappa shape index (κ2) is 9.83. The Labute approximate surface area is 213 Å². The van der Waals surface area contributed by atoms with Gasteiger partial charge in [0.1, 0.15) is 5.75 Å². The normalized spacial score (nSPS) is 15.5. The highest BCUT2D eigenvalue weighted by atomic mass is 32.1. The van der Waals surface area contributed by atoms with Gasteiger partial charge in [0, 0.05) is 62.0 Å². The number of benzene rings is 2. The average Bonchev–Trinajstić information content (AvgIpc) is 3.64. The van der Waals surface area contributed by atoms with Crippen LogP contribution in [0.4, 0.5) is 0 Å². The van der Waals surface area contributed by atoms with Crippen LogP contribution < -0.4 is 14.2 Å². The lowest BCUT2D eigenvalue weighted by Gasteiger charge is -2.34. The van der Waals surface area contributed by atoms with Crippen LogP contribution in [0.2, 0.25) is 0 Å². The number of carbonyl (C=O) groups excluding carboxylic acids is 1. The number of nitrogens with zero attached hydrogens (tertiary/aromatic N) is 4. The van der Waals surface area contributed by atoms with E-state index in [0.29, 0.717) is 19.6 Å². The zero-order valence-corrected chi connectivity index (χ0v) is 21.0. The Morgan fingerprint density at radius 3 is 2.67 bits per heavy atom. The molecule has 2 aromatic heterocycles. The fraction of sp³-hybridized carbons (Fsp3) is 0.333. The SMILES string of the molecule is COc1ccc(-c2cn3c(CCC(=O)N4CCN(Cc5ccc6c(c5)OCO6)CC4)csc3n2)cc1. The minimum absolute atomic E-state index is 0.215. The van der Waals surface area contributed by atoms with Crippen molar-refractivity contribution in [1.82, 2.24) is 19.2 Å². The minimum Gasteiger partial charge on any atom is -0.497 e. The minimum atomic E-state index is 0.215. The third-order valence-electron chi connectivity index (χ3n) is 6.83. The fourth-order valence-corrected chi connectivity index (χ4v) is 5.66. The zero-order chi connectivity index (χ0) is 24.5. The zero-order valence-electron chi connectivity index (χ0n) is 20.2. The van der Waals surface area contributed by atoms with E-state index in [1.807, 2.05) is 35.2 Å². The first-order chi connectivity index (χ1) is 17.7. The van der Waals surface area contributed by atoms with E-state index in [9.17, 15) is 4.79 Å². The van der Waals surface area contributed by atoms with Crippen LogP contribution >= 0.6 is 11.3 Å². The maximum absolute atomic E-state index is 13.0. The second-order valence-electron chi connectivity index (χ2n) is 9.08. The lowest BCUT2D eigenvalue weighted by atomic mass is 10.1. The van der Waals surface area contributed by atoms with Crippen molar-refractivity contribution >= 4 is 22.2 Å². The van der Waals surface area contributed by atoms with E-state index in [0.717, 1.165) is 71.9 Å². The smallest absolute Gasteiger partial charge is 0.231 e. The van der Waals surface area contributed by atoms with Crippen molar-refractivity contribution < 1.29 is 19.0 Å². The van der Waals surface area contributed by atoms with Crippen molar-refractivity contribution in [3.8, 4) is 28.5 Å². The number of methoxy groups -OCH3 is 1. The Hall–Kier alpha value is -3.56. The molecule has 0 saturated carbocycles. The molecule has 4 aromatic rings. The van der Waals surface area contributed by atoms with E-state index in [1.165, 1.54) is 5.56 Å². The Morgan fingerprint density at radius 1 is 1.06 bits per heavy atom. The Morgan fingerprint density at radius 2 is 1.86 bits per heavy atom. The Bertz CT molecular complexity index is 1370. The lowest BCUT2D eigenvalue weighted by Crippen LogP contribution is -2.48. The van der Waals surface area contributed by atoms with Crippen molar-refractivity contribution in [3.05, 3.63) is 65.3 Å². The molecule has 4 heterocycles. The summed E-state index contributed by atoms with van der Waals surface area (Å²) in [7, 11) is 1.66. The first-order valence-electron chi connectivity index (χ1n) is 12.1. The molecule has 1 saturated heterocycles. The molecule has 2 aliphatic heterocycles. The summed E-state index contributed by atoms with van der Waals surface area (Å²) in [5, 5.41) is 2.11. The Kier molecular flexibility index (Phi) is 6.25. The third-order valence-corrected chi connectivity index (χ3v) is 7.72. The van der Waals surface area contributed by atoms with Gasteiger partial charge in [0.05, 0.1) is 12.8 Å². The van der Waals surface area contributed by atoms with Crippen molar-refractivity contribution in [2.24, 2.45) is 0 Å². The molecule has 0 atom stereocenters. The summed E-state index contributed by atoms with van der Waals surface area (Å²) in [6, 6.07) is 14.0. The summed E-state index contributed by atoms with van der Waals surface area (Å²) >= 11 is 1.61. The van der Waals surface area contributed by atoms with Crippen LogP contribution in [0.25, 0.3) is 16.2 Å². The van der Waals surface area contributed by atoms with E-state index < -0.39 is 0 Å². The molecule has 1 amide bonds. The van der Waals surface area contributed by atoms with E-state index >= 15 is 0 Å². The monoisotopic (exact) mass is 504 g/mol. The van der Waals surface area contributed by atoms with Gasteiger partial charge in [-0.3, -0.25) is 14.1 Å². The predicted octanol–water partition coefficient (Wildman–Crippen LogP) is 4.08. The quantitative estimate of drug-likeness (QED) is 0.378. The molecule has 36 heavy (non-hydrogen) atoms. The maximum Gasteiger partial charge on any atom is 0.231 e. The third kappa shape index (κ3) is 4.64. The van der Waals surface area contributed by atoms with Gasteiger partial charge < -0.3 is 19.1 Å². The molecular weight excluding hydrogens is 476 g/mol. The average molecular weight is 505 g/mol. The number of piperazine rings is 1. The highest BCUT2D eigenvalue weighted by Gasteiger charge is 2.22. The number of amides is 1. The van der Waals surface area contributed by atoms with Gasteiger partial charge in [0.15, 0.2) is 16.5 Å². The van der Waals surface area contributed by atoms with Crippen LogP contribution in [0, 0.1) is 0 Å². The van der Waals surface area contributed by atoms with Crippen LogP contribution in [0.15, 0.2) is 54.0 Å². The number of fused-ring (bicyclic) bond motifs is 2. The van der Waals surface area contributed by atoms with Crippen LogP contribution in [0.3, 0.4) is 0 Å². The van der Waals surface area contributed by atoms with Gasteiger partial charge in [0.2, 0.25) is 12.7 Å². The van der Waals surface area contributed by atoms with Gasteiger partial charge in [-0.2, -0.15) is 0 Å². The van der Waals surface area contributed by atoms with E-state index in [2.05, 4.69) is 33.0 Å². The first-order valence-corrected chi connectivity index (χ1v) is 13.0. The van der Waals surface area contributed by atoms with Gasteiger partial charge in [-0.05, 0) is 48.4 Å². The largest absolute Gasteiger partial charge is 0.497 e. The summed E-state index contributed by atoms with van der Waals surface area (Å²) in [5.41, 5.74) is 4.30. The van der Waals surface area contributed by atoms with Crippen LogP contribution in [-0.2, 0) is 17.8 Å². The van der Waals surface area contributed by atoms with Crippen LogP contribution in [-0.4, -0.2) is 65.2 Å². The number of carbonyl (C=O) groups is 1. The molecule has 186 valence electrons. The van der Waals surface area contributed by atoms with Gasteiger partial charge in [0.25, 0.3) is 0 Å². The number of imidazole rings is 1. The van der Waals surface area contributed by atoms with Crippen molar-refractivity contribution in [2.75, 3.05) is 40.1 Å². The molecule has 0 unspecified atom stereocenters.